The number of nitrogens with zero attached hydrogens (tertiary/aromatic N) is 2. The molecule has 2 aromatic rings. The molecule has 2 amide bonds. The van der Waals surface area contributed by atoms with E-state index in [4.69, 9.17) is 16.1 Å². The fourth-order valence-electron chi connectivity index (χ4n) is 2.42. The van der Waals surface area contributed by atoms with E-state index in [0.717, 1.165) is 0 Å². The Balaban J connectivity index is 1.71. The van der Waals surface area contributed by atoms with Crippen LogP contribution < -0.4 is 10.2 Å². The topological polar surface area (TPSA) is 75.4 Å². The van der Waals surface area contributed by atoms with Crippen LogP contribution in [0.25, 0.3) is 0 Å². The molecule has 0 spiro atoms. The van der Waals surface area contributed by atoms with Gasteiger partial charge in [0.25, 0.3) is 5.91 Å². The Morgan fingerprint density at radius 2 is 2.26 bits per heavy atom. The maximum absolute atomic E-state index is 13.2. The van der Waals surface area contributed by atoms with Crippen LogP contribution in [0.15, 0.2) is 28.8 Å². The Kier molecular flexibility index (Phi) is 4.04. The monoisotopic (exact) mass is 337 g/mol. The average Bonchev–Trinajstić information content (AvgIpc) is 3.09. The van der Waals surface area contributed by atoms with Crippen molar-refractivity contribution in [2.24, 2.45) is 0 Å². The summed E-state index contributed by atoms with van der Waals surface area (Å²) in [4.78, 5) is 25.9. The van der Waals surface area contributed by atoms with Crippen LogP contribution in [0.3, 0.4) is 0 Å². The Hall–Kier alpha value is -2.41. The molecule has 0 saturated carbocycles. The van der Waals surface area contributed by atoms with Crippen molar-refractivity contribution in [3.8, 4) is 0 Å². The first-order chi connectivity index (χ1) is 11.0. The zero-order valence-electron chi connectivity index (χ0n) is 12.2. The number of nitrogens with one attached hydrogen (secondary N) is 1. The maximum Gasteiger partial charge on any atom is 0.290 e. The minimum atomic E-state index is -0.670. The van der Waals surface area contributed by atoms with Crippen molar-refractivity contribution >= 4 is 29.1 Å². The molecular weight excluding hydrogens is 325 g/mol. The number of aromatic nitrogens is 1. The third kappa shape index (κ3) is 3.05. The summed E-state index contributed by atoms with van der Waals surface area (Å²) in [5.41, 5.74) is 1.07. The second kappa shape index (κ2) is 6.00. The second-order valence-electron chi connectivity index (χ2n) is 5.24. The molecule has 8 heteroatoms. The van der Waals surface area contributed by atoms with Crippen molar-refractivity contribution in [2.45, 2.75) is 19.4 Å². The standard InChI is InChI=1S/C15H13ClFN3O3/c1-8-6-13(23-19-8)14(21)18-12-4-5-20(15(12)22)9-2-3-11(17)10(16)7-9/h2-3,6-7,12H,4-5H2,1H3,(H,18,21). The third-order valence-electron chi connectivity index (χ3n) is 3.58. The van der Waals surface area contributed by atoms with Crippen molar-refractivity contribution in [1.29, 1.82) is 0 Å². The van der Waals surface area contributed by atoms with Crippen LogP contribution in [-0.4, -0.2) is 29.6 Å². The van der Waals surface area contributed by atoms with E-state index in [0.29, 0.717) is 24.3 Å². The molecule has 1 aliphatic rings. The Morgan fingerprint density at radius 3 is 2.91 bits per heavy atom. The molecule has 1 saturated heterocycles. The van der Waals surface area contributed by atoms with Gasteiger partial charge in [0.2, 0.25) is 11.7 Å². The molecule has 0 aliphatic carbocycles. The number of amides is 2. The zero-order chi connectivity index (χ0) is 16.6. The van der Waals surface area contributed by atoms with Crippen LogP contribution >= 0.6 is 11.6 Å². The molecule has 0 bridgehead atoms. The number of benzene rings is 1. The minimum Gasteiger partial charge on any atom is -0.351 e. The molecule has 1 aromatic heterocycles. The minimum absolute atomic E-state index is 0.0542. The smallest absolute Gasteiger partial charge is 0.290 e. The fourth-order valence-corrected chi connectivity index (χ4v) is 2.60. The largest absolute Gasteiger partial charge is 0.351 e. The molecule has 1 aromatic carbocycles. The molecule has 1 atom stereocenters. The molecule has 6 nitrogen and oxygen atoms in total. The Labute approximate surface area is 136 Å². The third-order valence-corrected chi connectivity index (χ3v) is 3.87. The number of carbonyl (C=O) groups is 2. The lowest BCUT2D eigenvalue weighted by Gasteiger charge is -2.17. The summed E-state index contributed by atoms with van der Waals surface area (Å²) in [6.07, 6.45) is 0.437. The van der Waals surface area contributed by atoms with Crippen LogP contribution in [0.4, 0.5) is 10.1 Å². The van der Waals surface area contributed by atoms with E-state index < -0.39 is 17.8 Å². The van der Waals surface area contributed by atoms with Crippen molar-refractivity contribution in [3.63, 3.8) is 0 Å². The van der Waals surface area contributed by atoms with Crippen LogP contribution in [0.5, 0.6) is 0 Å². The lowest BCUT2D eigenvalue weighted by molar-refractivity contribution is -0.118. The zero-order valence-corrected chi connectivity index (χ0v) is 12.9. The number of carbonyl (C=O) groups excluding carboxylic acids is 2. The predicted octanol–water partition coefficient (Wildman–Crippen LogP) is 2.31. The van der Waals surface area contributed by atoms with Gasteiger partial charge in [0.05, 0.1) is 10.7 Å². The highest BCUT2D eigenvalue weighted by Crippen LogP contribution is 2.26. The maximum atomic E-state index is 13.2. The molecule has 0 radical (unpaired) electrons. The molecule has 23 heavy (non-hydrogen) atoms. The van der Waals surface area contributed by atoms with Gasteiger partial charge in [-0.1, -0.05) is 16.8 Å². The van der Waals surface area contributed by atoms with Gasteiger partial charge in [-0.05, 0) is 31.5 Å². The van der Waals surface area contributed by atoms with Gasteiger partial charge in [-0.3, -0.25) is 9.59 Å². The number of rotatable bonds is 3. The lowest BCUT2D eigenvalue weighted by atomic mass is 10.2. The van der Waals surface area contributed by atoms with E-state index in [1.165, 1.54) is 29.2 Å². The molecular formula is C15H13ClFN3O3. The SMILES string of the molecule is Cc1cc(C(=O)NC2CCN(c3ccc(F)c(Cl)c3)C2=O)on1. The number of hydrogen-bond donors (Lipinski definition) is 1. The summed E-state index contributed by atoms with van der Waals surface area (Å²) >= 11 is 5.74. The van der Waals surface area contributed by atoms with Crippen molar-refractivity contribution in [1.82, 2.24) is 10.5 Å². The van der Waals surface area contributed by atoms with E-state index in [2.05, 4.69) is 10.5 Å². The van der Waals surface area contributed by atoms with Crippen LogP contribution in [-0.2, 0) is 4.79 Å². The average molecular weight is 338 g/mol. The van der Waals surface area contributed by atoms with Crippen LogP contribution in [0.1, 0.15) is 22.7 Å². The van der Waals surface area contributed by atoms with E-state index in [-0.39, 0.29) is 16.7 Å². The fraction of sp³-hybridized carbons (Fsp3) is 0.267. The first-order valence-electron chi connectivity index (χ1n) is 6.96. The molecule has 2 heterocycles. The van der Waals surface area contributed by atoms with Gasteiger partial charge < -0.3 is 14.7 Å². The van der Waals surface area contributed by atoms with Gasteiger partial charge >= 0.3 is 0 Å². The van der Waals surface area contributed by atoms with E-state index in [1.54, 1.807) is 6.92 Å². The number of anilines is 1. The molecule has 3 rings (SSSR count). The van der Waals surface area contributed by atoms with E-state index in [1.807, 2.05) is 0 Å². The number of aryl methyl sites for hydroxylation is 1. The van der Waals surface area contributed by atoms with Crippen LogP contribution in [0, 0.1) is 12.7 Å². The highest BCUT2D eigenvalue weighted by atomic mass is 35.5. The van der Waals surface area contributed by atoms with Gasteiger partial charge in [-0.15, -0.1) is 0 Å². The molecule has 1 aliphatic heterocycles. The normalized spacial score (nSPS) is 17.6. The molecule has 120 valence electrons. The summed E-state index contributed by atoms with van der Waals surface area (Å²) in [6, 6.07) is 4.89. The van der Waals surface area contributed by atoms with E-state index >= 15 is 0 Å². The number of hydrogen-bond acceptors (Lipinski definition) is 4. The van der Waals surface area contributed by atoms with E-state index in [9.17, 15) is 14.0 Å². The second-order valence-corrected chi connectivity index (χ2v) is 5.64. The quantitative estimate of drug-likeness (QED) is 0.932. The van der Waals surface area contributed by atoms with Crippen molar-refractivity contribution in [2.75, 3.05) is 11.4 Å². The van der Waals surface area contributed by atoms with Gasteiger partial charge in [0.1, 0.15) is 11.9 Å². The molecule has 1 fully saturated rings. The first kappa shape index (κ1) is 15.5. The lowest BCUT2D eigenvalue weighted by Crippen LogP contribution is -2.41. The van der Waals surface area contributed by atoms with Crippen LogP contribution in [0.2, 0.25) is 5.02 Å². The van der Waals surface area contributed by atoms with Gasteiger partial charge in [0.15, 0.2) is 0 Å². The van der Waals surface area contributed by atoms with Gasteiger partial charge in [0, 0.05) is 18.3 Å². The highest BCUT2D eigenvalue weighted by Gasteiger charge is 2.34. The summed E-state index contributed by atoms with van der Waals surface area (Å²) < 4.78 is 18.1. The van der Waals surface area contributed by atoms with Gasteiger partial charge in [-0.2, -0.15) is 0 Å². The van der Waals surface area contributed by atoms with Crippen molar-refractivity contribution < 1.29 is 18.5 Å². The Bertz CT molecular complexity index is 777. The highest BCUT2D eigenvalue weighted by molar-refractivity contribution is 6.31. The van der Waals surface area contributed by atoms with Gasteiger partial charge in [-0.25, -0.2) is 4.39 Å². The molecule has 1 unspecified atom stereocenters. The number of halogens is 2. The van der Waals surface area contributed by atoms with Crippen molar-refractivity contribution in [3.05, 3.63) is 46.6 Å². The first-order valence-corrected chi connectivity index (χ1v) is 7.34. The summed E-state index contributed by atoms with van der Waals surface area (Å²) in [5.74, 6) is -1.27. The molecule has 1 N–H and O–H groups in total. The predicted molar refractivity (Wildman–Crippen MR) is 80.9 cm³/mol. The summed E-state index contributed by atoms with van der Waals surface area (Å²) in [6.45, 7) is 2.10. The summed E-state index contributed by atoms with van der Waals surface area (Å²) in [5, 5.41) is 6.19. The summed E-state index contributed by atoms with van der Waals surface area (Å²) in [7, 11) is 0. The Morgan fingerprint density at radius 1 is 1.48 bits per heavy atom.